The number of methoxy groups -OCH3 is 1. The fourth-order valence-electron chi connectivity index (χ4n) is 2.65. The van der Waals surface area contributed by atoms with E-state index in [0.717, 1.165) is 26.2 Å². The minimum Gasteiger partial charge on any atom is -0.385 e. The zero-order valence-electron chi connectivity index (χ0n) is 14.0. The number of carbonyl (C=O) groups excluding carboxylic acids is 1. The van der Waals surface area contributed by atoms with Crippen molar-refractivity contribution in [1.29, 1.82) is 0 Å². The van der Waals surface area contributed by atoms with Gasteiger partial charge in [0.25, 0.3) is 0 Å². The number of rotatable bonds is 8. The van der Waals surface area contributed by atoms with Gasteiger partial charge >= 0.3 is 0 Å². The van der Waals surface area contributed by atoms with Crippen LogP contribution in [0.4, 0.5) is 0 Å². The molecule has 0 aromatic rings. The zero-order chi connectivity index (χ0) is 15.8. The van der Waals surface area contributed by atoms with Crippen molar-refractivity contribution in [2.75, 3.05) is 53.5 Å². The highest BCUT2D eigenvalue weighted by Gasteiger charge is 2.25. The molecule has 0 aromatic heterocycles. The van der Waals surface area contributed by atoms with Gasteiger partial charge in [0, 0.05) is 52.5 Å². The van der Waals surface area contributed by atoms with Crippen LogP contribution in [0.5, 0.6) is 0 Å². The molecule has 6 heteroatoms. The first kappa shape index (κ1) is 18.4. The lowest BCUT2D eigenvalue weighted by atomic mass is 10.0. The molecule has 1 amide bonds. The Morgan fingerprint density at radius 2 is 1.90 bits per heavy atom. The average Bonchev–Trinajstić information content (AvgIpc) is 2.46. The van der Waals surface area contributed by atoms with Crippen LogP contribution in [0.2, 0.25) is 0 Å². The highest BCUT2D eigenvalue weighted by atomic mass is 16.5. The quantitative estimate of drug-likeness (QED) is 0.646. The summed E-state index contributed by atoms with van der Waals surface area (Å²) in [6, 6.07) is -0.109. The van der Waals surface area contributed by atoms with Crippen LogP contribution in [0.15, 0.2) is 0 Å². The molecular formula is C15H32N4O2. The fraction of sp³-hybridized carbons (Fsp3) is 0.933. The Morgan fingerprint density at radius 3 is 2.43 bits per heavy atom. The number of likely N-dealkylation sites (N-methyl/N-ethyl adjacent to an activating group) is 1. The molecule has 1 aliphatic rings. The third-order valence-electron chi connectivity index (χ3n) is 4.23. The van der Waals surface area contributed by atoms with Crippen molar-refractivity contribution in [3.05, 3.63) is 0 Å². The second-order valence-corrected chi connectivity index (χ2v) is 6.28. The maximum absolute atomic E-state index is 12.0. The second-order valence-electron chi connectivity index (χ2n) is 6.28. The molecule has 124 valence electrons. The van der Waals surface area contributed by atoms with Crippen LogP contribution in [-0.4, -0.2) is 81.3 Å². The highest BCUT2D eigenvalue weighted by Crippen LogP contribution is 2.12. The van der Waals surface area contributed by atoms with Gasteiger partial charge in [-0.25, -0.2) is 0 Å². The van der Waals surface area contributed by atoms with E-state index in [-0.39, 0.29) is 5.91 Å². The van der Waals surface area contributed by atoms with Gasteiger partial charge in [-0.2, -0.15) is 0 Å². The molecule has 6 nitrogen and oxygen atoms in total. The van der Waals surface area contributed by atoms with Crippen molar-refractivity contribution in [1.82, 2.24) is 15.1 Å². The first-order chi connectivity index (χ1) is 9.95. The van der Waals surface area contributed by atoms with Gasteiger partial charge < -0.3 is 20.7 Å². The first-order valence-electron chi connectivity index (χ1n) is 7.90. The number of nitrogens with one attached hydrogen (secondary N) is 1. The summed E-state index contributed by atoms with van der Waals surface area (Å²) < 4.78 is 4.96. The number of hydrogen-bond donors (Lipinski definition) is 2. The van der Waals surface area contributed by atoms with Crippen LogP contribution in [-0.2, 0) is 9.53 Å². The standard InChI is InChI=1S/C15H32N4O2/c1-12(2)14(19-8-6-18(3)7-9-19)11-17-15(20)13(16)5-10-21-4/h12-14H,5-11,16H2,1-4H3,(H,17,20). The maximum Gasteiger partial charge on any atom is 0.237 e. The minimum atomic E-state index is -0.481. The van der Waals surface area contributed by atoms with E-state index in [1.165, 1.54) is 0 Å². The number of nitrogens with zero attached hydrogens (tertiary/aromatic N) is 2. The van der Waals surface area contributed by atoms with Crippen molar-refractivity contribution in [2.45, 2.75) is 32.4 Å². The number of ether oxygens (including phenoxy) is 1. The van der Waals surface area contributed by atoms with Crippen molar-refractivity contribution >= 4 is 5.91 Å². The van der Waals surface area contributed by atoms with E-state index < -0.39 is 6.04 Å². The smallest absolute Gasteiger partial charge is 0.237 e. The molecule has 0 bridgehead atoms. The normalized spacial score (nSPS) is 20.5. The molecule has 0 radical (unpaired) electrons. The SMILES string of the molecule is COCCC(N)C(=O)NCC(C(C)C)N1CCN(C)CC1. The number of piperazine rings is 1. The van der Waals surface area contributed by atoms with E-state index in [1.54, 1.807) is 7.11 Å². The van der Waals surface area contributed by atoms with Crippen molar-refractivity contribution < 1.29 is 9.53 Å². The van der Waals surface area contributed by atoms with Crippen molar-refractivity contribution in [2.24, 2.45) is 11.7 Å². The summed E-state index contributed by atoms with van der Waals surface area (Å²) in [7, 11) is 3.77. The van der Waals surface area contributed by atoms with Gasteiger partial charge in [0.15, 0.2) is 0 Å². The van der Waals surface area contributed by atoms with Crippen LogP contribution in [0.3, 0.4) is 0 Å². The summed E-state index contributed by atoms with van der Waals surface area (Å²) in [6.07, 6.45) is 0.559. The monoisotopic (exact) mass is 300 g/mol. The molecule has 1 heterocycles. The molecule has 2 unspecified atom stereocenters. The Bertz CT molecular complexity index is 304. The number of amides is 1. The average molecular weight is 300 g/mol. The molecule has 0 aliphatic carbocycles. The molecule has 3 N–H and O–H groups in total. The summed E-state index contributed by atoms with van der Waals surface area (Å²) in [5.74, 6) is 0.427. The summed E-state index contributed by atoms with van der Waals surface area (Å²) >= 11 is 0. The lowest BCUT2D eigenvalue weighted by Crippen LogP contribution is -2.55. The van der Waals surface area contributed by atoms with Gasteiger partial charge in [-0.05, 0) is 19.4 Å². The fourth-order valence-corrected chi connectivity index (χ4v) is 2.65. The minimum absolute atomic E-state index is 0.0770. The van der Waals surface area contributed by atoms with Gasteiger partial charge in [0.2, 0.25) is 5.91 Å². The Balaban J connectivity index is 2.42. The molecule has 0 spiro atoms. The number of carbonyl (C=O) groups is 1. The predicted molar refractivity (Wildman–Crippen MR) is 85.2 cm³/mol. The number of hydrogen-bond acceptors (Lipinski definition) is 5. The van der Waals surface area contributed by atoms with Gasteiger partial charge in [-0.1, -0.05) is 13.8 Å². The molecule has 0 saturated carbocycles. The van der Waals surface area contributed by atoms with E-state index >= 15 is 0 Å². The van der Waals surface area contributed by atoms with E-state index in [2.05, 4.69) is 36.0 Å². The second kappa shape index (κ2) is 9.35. The molecule has 2 atom stereocenters. The molecule has 1 rings (SSSR count). The topological polar surface area (TPSA) is 70.8 Å². The van der Waals surface area contributed by atoms with E-state index in [9.17, 15) is 4.79 Å². The first-order valence-corrected chi connectivity index (χ1v) is 7.90. The van der Waals surface area contributed by atoms with Crippen LogP contribution in [0.25, 0.3) is 0 Å². The zero-order valence-corrected chi connectivity index (χ0v) is 14.0. The molecule has 0 aromatic carbocycles. The Kier molecular flexibility index (Phi) is 8.18. The van der Waals surface area contributed by atoms with E-state index in [1.807, 2.05) is 0 Å². The molecule has 1 aliphatic heterocycles. The predicted octanol–water partition coefficient (Wildman–Crippen LogP) is -0.262. The van der Waals surface area contributed by atoms with Crippen LogP contribution in [0, 0.1) is 5.92 Å². The van der Waals surface area contributed by atoms with Crippen LogP contribution >= 0.6 is 0 Å². The van der Waals surface area contributed by atoms with E-state index in [0.29, 0.717) is 31.5 Å². The van der Waals surface area contributed by atoms with Crippen LogP contribution < -0.4 is 11.1 Å². The Labute approximate surface area is 129 Å². The van der Waals surface area contributed by atoms with Crippen molar-refractivity contribution in [3.8, 4) is 0 Å². The Hall–Kier alpha value is -0.690. The lowest BCUT2D eigenvalue weighted by Gasteiger charge is -2.40. The van der Waals surface area contributed by atoms with Gasteiger partial charge in [0.05, 0.1) is 6.04 Å². The van der Waals surface area contributed by atoms with Crippen molar-refractivity contribution in [3.63, 3.8) is 0 Å². The largest absolute Gasteiger partial charge is 0.385 e. The lowest BCUT2D eigenvalue weighted by molar-refractivity contribution is -0.123. The third-order valence-corrected chi connectivity index (χ3v) is 4.23. The van der Waals surface area contributed by atoms with Gasteiger partial charge in [-0.15, -0.1) is 0 Å². The summed E-state index contributed by atoms with van der Waals surface area (Å²) in [4.78, 5) is 16.8. The third kappa shape index (κ3) is 6.30. The highest BCUT2D eigenvalue weighted by molar-refractivity contribution is 5.81. The molecule has 1 saturated heterocycles. The summed E-state index contributed by atoms with van der Waals surface area (Å²) in [5.41, 5.74) is 5.85. The van der Waals surface area contributed by atoms with Gasteiger partial charge in [0.1, 0.15) is 0 Å². The van der Waals surface area contributed by atoms with Gasteiger partial charge in [-0.3, -0.25) is 9.69 Å². The maximum atomic E-state index is 12.0. The number of nitrogens with two attached hydrogens (primary N) is 1. The van der Waals surface area contributed by atoms with Crippen LogP contribution in [0.1, 0.15) is 20.3 Å². The molecule has 1 fully saturated rings. The Morgan fingerprint density at radius 1 is 1.29 bits per heavy atom. The molecule has 21 heavy (non-hydrogen) atoms. The summed E-state index contributed by atoms with van der Waals surface area (Å²) in [5, 5.41) is 3.01. The summed E-state index contributed by atoms with van der Waals surface area (Å²) in [6.45, 7) is 9.90. The molecular weight excluding hydrogens is 268 g/mol. The van der Waals surface area contributed by atoms with E-state index in [4.69, 9.17) is 10.5 Å².